The Hall–Kier alpha value is -1.21. The van der Waals surface area contributed by atoms with E-state index >= 15 is 0 Å². The molecule has 0 atom stereocenters. The number of hydrogen-bond acceptors (Lipinski definition) is 1. The van der Waals surface area contributed by atoms with Crippen molar-refractivity contribution >= 4 is 28.9 Å². The lowest BCUT2D eigenvalue weighted by Gasteiger charge is -1.99. The Morgan fingerprint density at radius 1 is 0.923 bits per heavy atom. The van der Waals surface area contributed by atoms with Crippen molar-refractivity contribution in [2.75, 3.05) is 5.73 Å². The van der Waals surface area contributed by atoms with Gasteiger partial charge in [-0.15, -0.1) is 12.4 Å². The van der Waals surface area contributed by atoms with E-state index in [0.717, 1.165) is 5.69 Å². The van der Waals surface area contributed by atoms with E-state index in [4.69, 9.17) is 5.73 Å². The quantitative estimate of drug-likeness (QED) is 0.640. The van der Waals surface area contributed by atoms with Crippen LogP contribution in [0.25, 0.3) is 10.8 Å². The fraction of sp³-hybridized carbons (Fsp3) is 0.0909. The first-order valence-corrected chi connectivity index (χ1v) is 4.01. The number of halogens is 1. The summed E-state index contributed by atoms with van der Waals surface area (Å²) in [5.41, 5.74) is 7.77. The highest BCUT2D eigenvalue weighted by Gasteiger charge is 1.93. The second kappa shape index (κ2) is 3.67. The van der Waals surface area contributed by atoms with Crippen LogP contribution >= 0.6 is 12.4 Å². The van der Waals surface area contributed by atoms with E-state index in [2.05, 4.69) is 31.2 Å². The van der Waals surface area contributed by atoms with E-state index in [-0.39, 0.29) is 12.4 Å². The second-order valence-corrected chi connectivity index (χ2v) is 3.11. The van der Waals surface area contributed by atoms with E-state index in [0.29, 0.717) is 0 Å². The summed E-state index contributed by atoms with van der Waals surface area (Å²) in [6, 6.07) is 12.3. The van der Waals surface area contributed by atoms with E-state index in [1.54, 1.807) is 0 Å². The summed E-state index contributed by atoms with van der Waals surface area (Å²) in [6.45, 7) is 2.09. The molecule has 0 fully saturated rings. The zero-order chi connectivity index (χ0) is 8.55. The largest absolute Gasteiger partial charge is 0.399 e. The van der Waals surface area contributed by atoms with Crippen LogP contribution in [0.2, 0.25) is 0 Å². The fourth-order valence-electron chi connectivity index (χ4n) is 1.38. The zero-order valence-corrected chi connectivity index (χ0v) is 8.27. The number of rotatable bonds is 0. The van der Waals surface area contributed by atoms with Crippen LogP contribution in [0.5, 0.6) is 0 Å². The number of hydrogen-bond donors (Lipinski definition) is 1. The molecule has 0 aliphatic carbocycles. The molecule has 68 valence electrons. The van der Waals surface area contributed by atoms with E-state index < -0.39 is 0 Å². The summed E-state index contributed by atoms with van der Waals surface area (Å²) >= 11 is 0. The molecule has 0 aromatic heterocycles. The van der Waals surface area contributed by atoms with Gasteiger partial charge in [0.1, 0.15) is 0 Å². The lowest BCUT2D eigenvalue weighted by molar-refractivity contribution is 1.51. The first kappa shape index (κ1) is 9.87. The lowest BCUT2D eigenvalue weighted by atomic mass is 10.1. The summed E-state index contributed by atoms with van der Waals surface area (Å²) in [4.78, 5) is 0. The third-order valence-corrected chi connectivity index (χ3v) is 2.02. The molecule has 0 radical (unpaired) electrons. The maximum absolute atomic E-state index is 5.66. The first-order valence-electron chi connectivity index (χ1n) is 4.01. The third kappa shape index (κ3) is 1.93. The van der Waals surface area contributed by atoms with Gasteiger partial charge in [-0.1, -0.05) is 29.8 Å². The summed E-state index contributed by atoms with van der Waals surface area (Å²) in [6.07, 6.45) is 0. The van der Waals surface area contributed by atoms with E-state index in [1.165, 1.54) is 16.3 Å². The number of nitrogens with two attached hydrogens (primary N) is 1. The molecule has 2 N–H and O–H groups in total. The van der Waals surface area contributed by atoms with Gasteiger partial charge in [-0.2, -0.15) is 0 Å². The van der Waals surface area contributed by atoms with Crippen molar-refractivity contribution in [2.24, 2.45) is 0 Å². The Labute approximate surface area is 84.0 Å². The minimum absolute atomic E-state index is 0. The highest BCUT2D eigenvalue weighted by Crippen LogP contribution is 2.18. The molecular formula is C11H12ClN. The molecule has 0 heterocycles. The fourth-order valence-corrected chi connectivity index (χ4v) is 1.38. The van der Waals surface area contributed by atoms with Crippen molar-refractivity contribution in [1.29, 1.82) is 0 Å². The third-order valence-electron chi connectivity index (χ3n) is 2.02. The normalized spacial score (nSPS) is 9.62. The molecule has 13 heavy (non-hydrogen) atoms. The van der Waals surface area contributed by atoms with Crippen LogP contribution in [-0.2, 0) is 0 Å². The molecule has 0 spiro atoms. The Balaban J connectivity index is 0.000000845. The number of nitrogen functional groups attached to an aromatic ring is 1. The van der Waals surface area contributed by atoms with Crippen molar-refractivity contribution in [3.63, 3.8) is 0 Å². The number of fused-ring (bicyclic) bond motifs is 1. The molecule has 2 aromatic carbocycles. The molecule has 0 saturated carbocycles. The number of anilines is 1. The smallest absolute Gasteiger partial charge is 0.0320 e. The minimum atomic E-state index is 0. The molecule has 0 amide bonds. The van der Waals surface area contributed by atoms with Crippen LogP contribution in [0.1, 0.15) is 5.56 Å². The van der Waals surface area contributed by atoms with Crippen molar-refractivity contribution in [1.82, 2.24) is 0 Å². The number of benzene rings is 2. The van der Waals surface area contributed by atoms with Gasteiger partial charge in [0.2, 0.25) is 0 Å². The molecule has 1 nitrogen and oxygen atoms in total. The average Bonchev–Trinajstić information content (AvgIpc) is 2.05. The predicted octanol–water partition coefficient (Wildman–Crippen LogP) is 3.15. The summed E-state index contributed by atoms with van der Waals surface area (Å²) < 4.78 is 0. The average molecular weight is 194 g/mol. The summed E-state index contributed by atoms with van der Waals surface area (Å²) in [7, 11) is 0. The van der Waals surface area contributed by atoms with Crippen LogP contribution in [0, 0.1) is 6.92 Å². The van der Waals surface area contributed by atoms with Crippen LogP contribution in [0.15, 0.2) is 36.4 Å². The van der Waals surface area contributed by atoms with Gasteiger partial charge in [0, 0.05) is 5.69 Å². The Morgan fingerprint density at radius 3 is 2.31 bits per heavy atom. The Kier molecular flexibility index (Phi) is 2.79. The molecule has 0 bridgehead atoms. The Morgan fingerprint density at radius 2 is 1.54 bits per heavy atom. The summed E-state index contributed by atoms with van der Waals surface area (Å²) in [5, 5.41) is 2.46. The molecule has 0 aliphatic rings. The molecule has 2 aromatic rings. The second-order valence-electron chi connectivity index (χ2n) is 3.11. The van der Waals surface area contributed by atoms with Crippen LogP contribution in [0.3, 0.4) is 0 Å². The molecular weight excluding hydrogens is 182 g/mol. The van der Waals surface area contributed by atoms with Gasteiger partial charge in [0.05, 0.1) is 0 Å². The Bertz CT molecular complexity index is 382. The first-order chi connectivity index (χ1) is 5.75. The highest BCUT2D eigenvalue weighted by molar-refractivity contribution is 5.86. The molecule has 2 rings (SSSR count). The minimum Gasteiger partial charge on any atom is -0.399 e. The predicted molar refractivity (Wildman–Crippen MR) is 60.3 cm³/mol. The van der Waals surface area contributed by atoms with Gasteiger partial charge in [0.15, 0.2) is 0 Å². The van der Waals surface area contributed by atoms with E-state index in [1.807, 2.05) is 12.1 Å². The summed E-state index contributed by atoms with van der Waals surface area (Å²) in [5.74, 6) is 0. The van der Waals surface area contributed by atoms with E-state index in [9.17, 15) is 0 Å². The standard InChI is InChI=1S/C11H11N.ClH/c1-8-2-3-10-7-11(12)5-4-9(10)6-8;/h2-7H,12H2,1H3;1H. The molecule has 2 heteroatoms. The molecule has 0 unspecified atom stereocenters. The van der Waals surface area contributed by atoms with Gasteiger partial charge in [-0.25, -0.2) is 0 Å². The maximum Gasteiger partial charge on any atom is 0.0320 e. The van der Waals surface area contributed by atoms with Crippen LogP contribution < -0.4 is 5.73 Å². The van der Waals surface area contributed by atoms with Crippen molar-refractivity contribution in [3.05, 3.63) is 42.0 Å². The maximum atomic E-state index is 5.66. The van der Waals surface area contributed by atoms with Gasteiger partial charge in [-0.05, 0) is 29.8 Å². The SMILES string of the molecule is Cc1ccc2cc(N)ccc2c1.Cl. The lowest BCUT2D eigenvalue weighted by Crippen LogP contribution is -1.83. The monoisotopic (exact) mass is 193 g/mol. The highest BCUT2D eigenvalue weighted by atomic mass is 35.5. The molecule has 0 aliphatic heterocycles. The van der Waals surface area contributed by atoms with Gasteiger partial charge in [-0.3, -0.25) is 0 Å². The van der Waals surface area contributed by atoms with Gasteiger partial charge < -0.3 is 5.73 Å². The van der Waals surface area contributed by atoms with Crippen LogP contribution in [0.4, 0.5) is 5.69 Å². The van der Waals surface area contributed by atoms with Crippen molar-refractivity contribution < 1.29 is 0 Å². The van der Waals surface area contributed by atoms with Gasteiger partial charge >= 0.3 is 0 Å². The van der Waals surface area contributed by atoms with Gasteiger partial charge in [0.25, 0.3) is 0 Å². The van der Waals surface area contributed by atoms with Crippen LogP contribution in [-0.4, -0.2) is 0 Å². The zero-order valence-electron chi connectivity index (χ0n) is 7.45. The number of aryl methyl sites for hydroxylation is 1. The topological polar surface area (TPSA) is 26.0 Å². The molecule has 0 saturated heterocycles. The van der Waals surface area contributed by atoms with Crippen molar-refractivity contribution in [3.8, 4) is 0 Å². The van der Waals surface area contributed by atoms with Crippen molar-refractivity contribution in [2.45, 2.75) is 6.92 Å².